The first-order valence-electron chi connectivity index (χ1n) is 10.3. The smallest absolute Gasteiger partial charge is 0.116 e. The normalized spacial score (nSPS) is 10.7. The summed E-state index contributed by atoms with van der Waals surface area (Å²) in [6.45, 7) is 0. The summed E-state index contributed by atoms with van der Waals surface area (Å²) in [7, 11) is 0. The third kappa shape index (κ3) is 3.84. The van der Waals surface area contributed by atoms with E-state index in [9.17, 15) is 5.11 Å². The van der Waals surface area contributed by atoms with Crippen molar-refractivity contribution in [3.63, 3.8) is 0 Å². The van der Waals surface area contributed by atoms with Gasteiger partial charge in [-0.1, -0.05) is 103 Å². The lowest BCUT2D eigenvalue weighted by atomic mass is 9.89. The molecule has 5 aromatic rings. The van der Waals surface area contributed by atoms with Crippen LogP contribution in [-0.4, -0.2) is 10.1 Å². The van der Waals surface area contributed by atoms with Crippen LogP contribution in [0.1, 0.15) is 0 Å². The Morgan fingerprint density at radius 1 is 0.484 bits per heavy atom. The molecule has 5 rings (SSSR count). The van der Waals surface area contributed by atoms with E-state index in [0.717, 1.165) is 44.8 Å². The number of benzene rings is 4. The quantitative estimate of drug-likeness (QED) is 0.340. The fourth-order valence-corrected chi connectivity index (χ4v) is 3.91. The Balaban J connectivity index is 1.88. The van der Waals surface area contributed by atoms with Gasteiger partial charge in [0.1, 0.15) is 5.75 Å². The van der Waals surface area contributed by atoms with Crippen LogP contribution in [0.4, 0.5) is 0 Å². The summed E-state index contributed by atoms with van der Waals surface area (Å²) in [5, 5.41) is 10.1. The highest BCUT2D eigenvalue weighted by atomic mass is 16.3. The third-order valence-electron chi connectivity index (χ3n) is 5.36. The highest BCUT2D eigenvalue weighted by Crippen LogP contribution is 2.41. The van der Waals surface area contributed by atoms with Gasteiger partial charge in [-0.15, -0.1) is 0 Å². The standard InChI is InChI=1S/C29H21NO/c31-25-18-10-17-24(19-25)27-20-26(21-11-4-1-5-12-21)28(22-13-6-2-7-14-22)29(30-27)23-15-8-3-9-16-23/h1-20,31H. The predicted octanol–water partition coefficient (Wildman–Crippen LogP) is 7.46. The van der Waals surface area contributed by atoms with Gasteiger partial charge in [0.05, 0.1) is 11.4 Å². The van der Waals surface area contributed by atoms with Gasteiger partial charge in [-0.2, -0.15) is 0 Å². The summed E-state index contributed by atoms with van der Waals surface area (Å²) in [4.78, 5) is 5.11. The lowest BCUT2D eigenvalue weighted by Crippen LogP contribution is -1.97. The molecule has 0 aliphatic carbocycles. The van der Waals surface area contributed by atoms with Gasteiger partial charge in [0, 0.05) is 16.7 Å². The minimum atomic E-state index is 0.231. The third-order valence-corrected chi connectivity index (χ3v) is 5.36. The molecule has 0 spiro atoms. The van der Waals surface area contributed by atoms with Crippen molar-refractivity contribution in [2.45, 2.75) is 0 Å². The molecular formula is C29H21NO. The molecule has 31 heavy (non-hydrogen) atoms. The molecule has 0 bridgehead atoms. The zero-order valence-electron chi connectivity index (χ0n) is 16.9. The fraction of sp³-hybridized carbons (Fsp3) is 0. The van der Waals surface area contributed by atoms with Gasteiger partial charge in [0.2, 0.25) is 0 Å². The minimum absolute atomic E-state index is 0.231. The Hall–Kier alpha value is -4.17. The zero-order chi connectivity index (χ0) is 21.0. The van der Waals surface area contributed by atoms with E-state index in [1.165, 1.54) is 0 Å². The molecule has 0 amide bonds. The van der Waals surface area contributed by atoms with Crippen molar-refractivity contribution in [2.75, 3.05) is 0 Å². The number of rotatable bonds is 4. The Kier molecular flexibility index (Phi) is 5.04. The number of aromatic nitrogens is 1. The molecule has 0 atom stereocenters. The fourth-order valence-electron chi connectivity index (χ4n) is 3.91. The van der Waals surface area contributed by atoms with Crippen LogP contribution in [0.25, 0.3) is 44.8 Å². The summed E-state index contributed by atoms with van der Waals surface area (Å²) in [5.74, 6) is 0.231. The van der Waals surface area contributed by atoms with E-state index < -0.39 is 0 Å². The van der Waals surface area contributed by atoms with Crippen LogP contribution in [0, 0.1) is 0 Å². The van der Waals surface area contributed by atoms with Crippen LogP contribution in [0.2, 0.25) is 0 Å². The number of pyridine rings is 1. The molecule has 0 radical (unpaired) electrons. The molecule has 2 nitrogen and oxygen atoms in total. The number of nitrogens with zero attached hydrogens (tertiary/aromatic N) is 1. The topological polar surface area (TPSA) is 33.1 Å². The summed E-state index contributed by atoms with van der Waals surface area (Å²) < 4.78 is 0. The summed E-state index contributed by atoms with van der Waals surface area (Å²) in [5.41, 5.74) is 8.15. The molecule has 1 heterocycles. The first-order chi connectivity index (χ1) is 15.3. The Morgan fingerprint density at radius 2 is 1.03 bits per heavy atom. The molecule has 4 aromatic carbocycles. The summed E-state index contributed by atoms with van der Waals surface area (Å²) >= 11 is 0. The van der Waals surface area contributed by atoms with Gasteiger partial charge in [-0.25, -0.2) is 4.98 Å². The van der Waals surface area contributed by atoms with Crippen LogP contribution in [0.3, 0.4) is 0 Å². The number of aromatic hydroxyl groups is 1. The Labute approximate surface area is 182 Å². The number of phenols is 1. The maximum absolute atomic E-state index is 10.1. The molecule has 0 saturated carbocycles. The predicted molar refractivity (Wildman–Crippen MR) is 128 cm³/mol. The molecular weight excluding hydrogens is 378 g/mol. The lowest BCUT2D eigenvalue weighted by Gasteiger charge is -2.18. The van der Waals surface area contributed by atoms with Gasteiger partial charge < -0.3 is 5.11 Å². The second kappa shape index (κ2) is 8.29. The maximum Gasteiger partial charge on any atom is 0.116 e. The second-order valence-corrected chi connectivity index (χ2v) is 7.43. The van der Waals surface area contributed by atoms with Gasteiger partial charge >= 0.3 is 0 Å². The Morgan fingerprint density at radius 3 is 1.65 bits per heavy atom. The largest absolute Gasteiger partial charge is 0.508 e. The van der Waals surface area contributed by atoms with Crippen molar-refractivity contribution in [1.82, 2.24) is 4.98 Å². The number of hydrogen-bond acceptors (Lipinski definition) is 2. The van der Waals surface area contributed by atoms with Crippen molar-refractivity contribution in [1.29, 1.82) is 0 Å². The van der Waals surface area contributed by atoms with Crippen molar-refractivity contribution >= 4 is 0 Å². The van der Waals surface area contributed by atoms with Gasteiger partial charge in [0.15, 0.2) is 0 Å². The van der Waals surface area contributed by atoms with Crippen molar-refractivity contribution in [2.24, 2.45) is 0 Å². The van der Waals surface area contributed by atoms with E-state index in [0.29, 0.717) is 0 Å². The molecule has 0 aliphatic heterocycles. The van der Waals surface area contributed by atoms with Crippen molar-refractivity contribution < 1.29 is 5.11 Å². The lowest BCUT2D eigenvalue weighted by molar-refractivity contribution is 0.475. The second-order valence-electron chi connectivity index (χ2n) is 7.43. The highest BCUT2D eigenvalue weighted by Gasteiger charge is 2.18. The highest BCUT2D eigenvalue weighted by molar-refractivity contribution is 5.94. The van der Waals surface area contributed by atoms with Crippen LogP contribution >= 0.6 is 0 Å². The van der Waals surface area contributed by atoms with E-state index in [1.54, 1.807) is 12.1 Å². The minimum Gasteiger partial charge on any atom is -0.508 e. The number of hydrogen-bond donors (Lipinski definition) is 1. The van der Waals surface area contributed by atoms with E-state index in [4.69, 9.17) is 4.98 Å². The molecule has 1 aromatic heterocycles. The van der Waals surface area contributed by atoms with E-state index in [2.05, 4.69) is 66.7 Å². The van der Waals surface area contributed by atoms with Crippen LogP contribution < -0.4 is 0 Å². The average Bonchev–Trinajstić information content (AvgIpc) is 2.85. The molecule has 0 fully saturated rings. The summed E-state index contributed by atoms with van der Waals surface area (Å²) in [6, 6.07) is 40.5. The first kappa shape index (κ1) is 18.8. The van der Waals surface area contributed by atoms with Gasteiger partial charge in [-0.3, -0.25) is 0 Å². The molecule has 0 unspecified atom stereocenters. The number of phenolic OH excluding ortho intramolecular Hbond substituents is 1. The summed E-state index contributed by atoms with van der Waals surface area (Å²) in [6.07, 6.45) is 0. The van der Waals surface area contributed by atoms with Crippen LogP contribution in [0.15, 0.2) is 121 Å². The zero-order valence-corrected chi connectivity index (χ0v) is 16.9. The maximum atomic E-state index is 10.1. The van der Waals surface area contributed by atoms with Gasteiger partial charge in [0.25, 0.3) is 0 Å². The molecule has 148 valence electrons. The molecule has 1 N–H and O–H groups in total. The van der Waals surface area contributed by atoms with E-state index >= 15 is 0 Å². The average molecular weight is 399 g/mol. The van der Waals surface area contributed by atoms with Crippen molar-refractivity contribution in [3.8, 4) is 50.5 Å². The van der Waals surface area contributed by atoms with E-state index in [1.807, 2.05) is 42.5 Å². The van der Waals surface area contributed by atoms with Gasteiger partial charge in [-0.05, 0) is 34.9 Å². The first-order valence-corrected chi connectivity index (χ1v) is 10.3. The van der Waals surface area contributed by atoms with E-state index in [-0.39, 0.29) is 5.75 Å². The molecule has 2 heteroatoms. The monoisotopic (exact) mass is 399 g/mol. The van der Waals surface area contributed by atoms with Crippen LogP contribution in [-0.2, 0) is 0 Å². The Bertz CT molecular complexity index is 1250. The van der Waals surface area contributed by atoms with Crippen molar-refractivity contribution in [3.05, 3.63) is 121 Å². The SMILES string of the molecule is Oc1cccc(-c2cc(-c3ccccc3)c(-c3ccccc3)c(-c3ccccc3)n2)c1. The molecule has 0 aliphatic rings. The van der Waals surface area contributed by atoms with Crippen LogP contribution in [0.5, 0.6) is 5.75 Å². The molecule has 0 saturated heterocycles.